The van der Waals surface area contributed by atoms with Gasteiger partial charge in [-0.1, -0.05) is 0 Å². The van der Waals surface area contributed by atoms with Gasteiger partial charge in [0.25, 0.3) is 0 Å². The molecular weight excluding hydrogens is 320 g/mol. The number of aryl methyl sites for hydroxylation is 1. The van der Waals surface area contributed by atoms with Crippen LogP contribution in [0.1, 0.15) is 32.1 Å². The van der Waals surface area contributed by atoms with E-state index < -0.39 is 0 Å². The van der Waals surface area contributed by atoms with Gasteiger partial charge in [0.2, 0.25) is 5.91 Å². The third kappa shape index (κ3) is 2.66. The van der Waals surface area contributed by atoms with Gasteiger partial charge in [-0.3, -0.25) is 9.69 Å². The average Bonchev–Trinajstić information content (AvgIpc) is 3.41. The maximum atomic E-state index is 12.6. The van der Waals surface area contributed by atoms with Crippen LogP contribution < -0.4 is 0 Å². The summed E-state index contributed by atoms with van der Waals surface area (Å²) in [5.74, 6) is 1.61. The number of likely N-dealkylation sites (tertiary alicyclic amines) is 1. The summed E-state index contributed by atoms with van der Waals surface area (Å²) < 4.78 is 7.19. The molecule has 8 nitrogen and oxygen atoms in total. The van der Waals surface area contributed by atoms with Crippen molar-refractivity contribution in [2.45, 2.75) is 56.8 Å². The van der Waals surface area contributed by atoms with Crippen LogP contribution in [-0.2, 0) is 16.1 Å². The van der Waals surface area contributed by atoms with E-state index in [-0.39, 0.29) is 5.91 Å². The van der Waals surface area contributed by atoms with Crippen LogP contribution in [0.5, 0.6) is 0 Å². The molecule has 5 heterocycles. The first-order valence-electron chi connectivity index (χ1n) is 9.65. The minimum atomic E-state index is 0.252. The van der Waals surface area contributed by atoms with Crippen LogP contribution in [0.15, 0.2) is 6.33 Å². The van der Waals surface area contributed by atoms with Crippen LogP contribution in [-0.4, -0.2) is 80.3 Å². The number of carbonyl (C=O) groups is 1. The summed E-state index contributed by atoms with van der Waals surface area (Å²) in [6.07, 6.45) is 7.05. The van der Waals surface area contributed by atoms with Crippen molar-refractivity contribution in [2.24, 2.45) is 11.8 Å². The molecule has 0 aliphatic carbocycles. The van der Waals surface area contributed by atoms with Gasteiger partial charge in [-0.2, -0.15) is 0 Å². The van der Waals surface area contributed by atoms with E-state index in [1.165, 1.54) is 25.7 Å². The predicted octanol–water partition coefficient (Wildman–Crippen LogP) is 0.163. The first kappa shape index (κ1) is 15.7. The van der Waals surface area contributed by atoms with Crippen molar-refractivity contribution in [2.75, 3.05) is 26.3 Å². The summed E-state index contributed by atoms with van der Waals surface area (Å²) in [6, 6.07) is 2.09. The number of amides is 1. The molecule has 0 N–H and O–H groups in total. The van der Waals surface area contributed by atoms with Gasteiger partial charge >= 0.3 is 0 Å². The lowest BCUT2D eigenvalue weighted by atomic mass is 9.82. The average molecular weight is 346 g/mol. The number of rotatable bonds is 4. The van der Waals surface area contributed by atoms with Crippen molar-refractivity contribution < 1.29 is 9.53 Å². The van der Waals surface area contributed by atoms with Crippen molar-refractivity contribution in [3.05, 3.63) is 6.33 Å². The fraction of sp³-hybridized carbons (Fsp3) is 0.882. The second-order valence-corrected chi connectivity index (χ2v) is 7.95. The third-order valence-corrected chi connectivity index (χ3v) is 6.84. The van der Waals surface area contributed by atoms with E-state index in [0.717, 1.165) is 26.3 Å². The van der Waals surface area contributed by atoms with Gasteiger partial charge in [-0.05, 0) is 47.9 Å². The zero-order valence-electron chi connectivity index (χ0n) is 14.5. The van der Waals surface area contributed by atoms with Crippen LogP contribution in [0.2, 0.25) is 0 Å². The minimum Gasteiger partial charge on any atom is -0.381 e. The fourth-order valence-electron chi connectivity index (χ4n) is 5.80. The topological polar surface area (TPSA) is 76.4 Å². The second kappa shape index (κ2) is 6.32. The summed E-state index contributed by atoms with van der Waals surface area (Å²) in [7, 11) is 0. The number of ether oxygens (including phenoxy) is 1. The molecule has 136 valence electrons. The molecule has 0 aromatic carbocycles. The Morgan fingerprint density at radius 1 is 1.08 bits per heavy atom. The Kier molecular flexibility index (Phi) is 3.97. The Morgan fingerprint density at radius 3 is 2.44 bits per heavy atom. The summed E-state index contributed by atoms with van der Waals surface area (Å²) in [6.45, 7) is 4.29. The van der Waals surface area contributed by atoms with Gasteiger partial charge < -0.3 is 9.64 Å². The van der Waals surface area contributed by atoms with Crippen molar-refractivity contribution in [1.29, 1.82) is 0 Å². The lowest BCUT2D eigenvalue weighted by Crippen LogP contribution is -2.45. The second-order valence-electron chi connectivity index (χ2n) is 7.95. The number of tetrazole rings is 1. The molecule has 4 aliphatic heterocycles. The first-order valence-corrected chi connectivity index (χ1v) is 9.65. The highest BCUT2D eigenvalue weighted by Crippen LogP contribution is 2.51. The molecule has 4 fully saturated rings. The zero-order valence-corrected chi connectivity index (χ0v) is 14.5. The van der Waals surface area contributed by atoms with Crippen LogP contribution in [0, 0.1) is 11.8 Å². The van der Waals surface area contributed by atoms with Crippen LogP contribution >= 0.6 is 0 Å². The molecule has 4 aliphatic rings. The number of hydrogen-bond acceptors (Lipinski definition) is 6. The summed E-state index contributed by atoms with van der Waals surface area (Å²) in [5.41, 5.74) is 0. The molecule has 4 atom stereocenters. The molecule has 0 unspecified atom stereocenters. The molecule has 25 heavy (non-hydrogen) atoms. The summed E-state index contributed by atoms with van der Waals surface area (Å²) in [5, 5.41) is 11.1. The standard InChI is InChI=1S/C17H26N6O2/c24-17(3-6-22-11-18-19-20-22)21-9-13-14(10-21)16-2-1-15(13)23(16)12-4-7-25-8-5-12/h11-16H,1-10H2/t13-,14+,15-,16+. The number of hydrogen-bond donors (Lipinski definition) is 0. The van der Waals surface area contributed by atoms with E-state index in [2.05, 4.69) is 25.3 Å². The highest BCUT2D eigenvalue weighted by molar-refractivity contribution is 5.76. The monoisotopic (exact) mass is 346 g/mol. The lowest BCUT2D eigenvalue weighted by molar-refractivity contribution is -0.131. The molecule has 2 bridgehead atoms. The number of fused-ring (bicyclic) bond motifs is 5. The highest BCUT2D eigenvalue weighted by atomic mass is 16.5. The van der Waals surface area contributed by atoms with Gasteiger partial charge in [0.05, 0.1) is 6.54 Å². The van der Waals surface area contributed by atoms with Crippen LogP contribution in [0.4, 0.5) is 0 Å². The van der Waals surface area contributed by atoms with E-state index in [4.69, 9.17) is 4.74 Å². The normalized spacial score (nSPS) is 35.4. The predicted molar refractivity (Wildman–Crippen MR) is 88.5 cm³/mol. The SMILES string of the molecule is O=C(CCn1cnnn1)N1C[C@@H]2[C@H](C1)[C@@H]1CC[C@H]2N1C1CCOCC1. The highest BCUT2D eigenvalue weighted by Gasteiger charge is 2.58. The van der Waals surface area contributed by atoms with E-state index >= 15 is 0 Å². The quantitative estimate of drug-likeness (QED) is 0.773. The van der Waals surface area contributed by atoms with Gasteiger partial charge in [0.1, 0.15) is 6.33 Å². The van der Waals surface area contributed by atoms with Crippen molar-refractivity contribution >= 4 is 5.91 Å². The molecule has 0 saturated carbocycles. The molecule has 0 spiro atoms. The molecule has 8 heteroatoms. The van der Waals surface area contributed by atoms with Crippen molar-refractivity contribution in [1.82, 2.24) is 30.0 Å². The maximum Gasteiger partial charge on any atom is 0.224 e. The van der Waals surface area contributed by atoms with Crippen LogP contribution in [0.25, 0.3) is 0 Å². The summed E-state index contributed by atoms with van der Waals surface area (Å²) in [4.78, 5) is 17.5. The summed E-state index contributed by atoms with van der Waals surface area (Å²) >= 11 is 0. The maximum absolute atomic E-state index is 12.6. The Balaban J connectivity index is 1.21. The minimum absolute atomic E-state index is 0.252. The van der Waals surface area contributed by atoms with Gasteiger partial charge in [-0.15, -0.1) is 5.10 Å². The lowest BCUT2D eigenvalue weighted by Gasteiger charge is -2.36. The number of aromatic nitrogens is 4. The zero-order chi connectivity index (χ0) is 16.8. The van der Waals surface area contributed by atoms with E-state index in [1.807, 2.05) is 0 Å². The largest absolute Gasteiger partial charge is 0.381 e. The molecule has 0 radical (unpaired) electrons. The van der Waals surface area contributed by atoms with E-state index in [9.17, 15) is 4.79 Å². The Labute approximate surface area is 147 Å². The molecule has 4 saturated heterocycles. The number of nitrogens with zero attached hydrogens (tertiary/aromatic N) is 6. The first-order chi connectivity index (χ1) is 12.3. The van der Waals surface area contributed by atoms with E-state index in [1.54, 1.807) is 11.0 Å². The molecule has 1 amide bonds. The van der Waals surface area contributed by atoms with E-state index in [0.29, 0.717) is 42.9 Å². The molecular formula is C17H26N6O2. The fourth-order valence-corrected chi connectivity index (χ4v) is 5.80. The Morgan fingerprint density at radius 2 is 1.80 bits per heavy atom. The molecule has 1 aromatic rings. The number of carbonyl (C=O) groups excluding carboxylic acids is 1. The third-order valence-electron chi connectivity index (χ3n) is 6.84. The van der Waals surface area contributed by atoms with Gasteiger partial charge in [0, 0.05) is 50.8 Å². The Bertz CT molecular complexity index is 597. The molecule has 5 rings (SSSR count). The van der Waals surface area contributed by atoms with Crippen molar-refractivity contribution in [3.63, 3.8) is 0 Å². The smallest absolute Gasteiger partial charge is 0.224 e. The van der Waals surface area contributed by atoms with Gasteiger partial charge in [0.15, 0.2) is 0 Å². The van der Waals surface area contributed by atoms with Gasteiger partial charge in [-0.25, -0.2) is 4.68 Å². The molecule has 1 aromatic heterocycles. The Hall–Kier alpha value is -1.54. The van der Waals surface area contributed by atoms with Crippen molar-refractivity contribution in [3.8, 4) is 0 Å². The van der Waals surface area contributed by atoms with Crippen LogP contribution in [0.3, 0.4) is 0 Å².